The van der Waals surface area contributed by atoms with Gasteiger partial charge in [-0.05, 0) is 60.6 Å². The van der Waals surface area contributed by atoms with E-state index in [1.807, 2.05) is 19.1 Å². The second kappa shape index (κ2) is 3.71. The van der Waals surface area contributed by atoms with Crippen molar-refractivity contribution in [1.82, 2.24) is 0 Å². The standard InChI is InChI=1S/C16H18O2/c1-3-16-7-6-14(18)10(2)15(16)13-8-12(17)5-4-11(13)9-16/h4-5,8,17H,3,6-7,9H2,1-2H3. The third-order valence-corrected chi connectivity index (χ3v) is 4.72. The van der Waals surface area contributed by atoms with Gasteiger partial charge in [0.1, 0.15) is 5.75 Å². The fourth-order valence-electron chi connectivity index (χ4n) is 3.66. The normalized spacial score (nSPS) is 26.2. The molecule has 94 valence electrons. The summed E-state index contributed by atoms with van der Waals surface area (Å²) >= 11 is 0. The quantitative estimate of drug-likeness (QED) is 0.818. The molecule has 0 aromatic heterocycles. The Hall–Kier alpha value is -1.57. The van der Waals surface area contributed by atoms with Crippen molar-refractivity contribution in [1.29, 1.82) is 0 Å². The molecule has 0 bridgehead atoms. The molecule has 0 fully saturated rings. The fourth-order valence-corrected chi connectivity index (χ4v) is 3.66. The lowest BCUT2D eigenvalue weighted by Gasteiger charge is -2.34. The smallest absolute Gasteiger partial charge is 0.158 e. The van der Waals surface area contributed by atoms with Gasteiger partial charge in [-0.2, -0.15) is 0 Å². The van der Waals surface area contributed by atoms with Crippen LogP contribution in [0.5, 0.6) is 5.75 Å². The molecule has 2 aliphatic carbocycles. The zero-order chi connectivity index (χ0) is 12.9. The van der Waals surface area contributed by atoms with E-state index in [2.05, 4.69) is 6.92 Å². The van der Waals surface area contributed by atoms with E-state index in [0.29, 0.717) is 12.2 Å². The van der Waals surface area contributed by atoms with Crippen LogP contribution in [0.4, 0.5) is 0 Å². The topological polar surface area (TPSA) is 37.3 Å². The summed E-state index contributed by atoms with van der Waals surface area (Å²) < 4.78 is 0. The van der Waals surface area contributed by atoms with Crippen molar-refractivity contribution in [3.05, 3.63) is 34.9 Å². The van der Waals surface area contributed by atoms with Gasteiger partial charge in [-0.15, -0.1) is 0 Å². The van der Waals surface area contributed by atoms with Crippen LogP contribution in [0.1, 0.15) is 44.2 Å². The van der Waals surface area contributed by atoms with E-state index in [1.165, 1.54) is 11.1 Å². The SMILES string of the molecule is CCC12CCC(=O)C(C)=C1c1cc(O)ccc1C2. The van der Waals surface area contributed by atoms with E-state index in [0.717, 1.165) is 30.4 Å². The number of fused-ring (bicyclic) bond motifs is 3. The number of phenols is 1. The first kappa shape index (κ1) is 11.5. The summed E-state index contributed by atoms with van der Waals surface area (Å²) in [5, 5.41) is 9.69. The van der Waals surface area contributed by atoms with Gasteiger partial charge in [0.25, 0.3) is 0 Å². The summed E-state index contributed by atoms with van der Waals surface area (Å²) in [5.74, 6) is 0.559. The third kappa shape index (κ3) is 1.38. The zero-order valence-electron chi connectivity index (χ0n) is 10.9. The predicted octanol–water partition coefficient (Wildman–Crippen LogP) is 3.48. The largest absolute Gasteiger partial charge is 0.508 e. The predicted molar refractivity (Wildman–Crippen MR) is 71.4 cm³/mol. The number of hydrogen-bond acceptors (Lipinski definition) is 2. The van der Waals surface area contributed by atoms with E-state index in [9.17, 15) is 9.90 Å². The minimum atomic E-state index is 0.133. The number of hydrogen-bond donors (Lipinski definition) is 1. The highest BCUT2D eigenvalue weighted by Gasteiger charge is 2.44. The van der Waals surface area contributed by atoms with Crippen LogP contribution in [0.25, 0.3) is 5.57 Å². The van der Waals surface area contributed by atoms with Crippen molar-refractivity contribution in [2.75, 3.05) is 0 Å². The van der Waals surface area contributed by atoms with Gasteiger partial charge in [0.15, 0.2) is 5.78 Å². The Morgan fingerprint density at radius 3 is 2.89 bits per heavy atom. The Balaban J connectivity index is 2.28. The van der Waals surface area contributed by atoms with E-state index in [1.54, 1.807) is 6.07 Å². The molecule has 0 saturated heterocycles. The summed E-state index contributed by atoms with van der Waals surface area (Å²) in [5.41, 5.74) is 4.62. The van der Waals surface area contributed by atoms with Crippen LogP contribution < -0.4 is 0 Å². The minimum absolute atomic E-state index is 0.133. The number of ketones is 1. The molecule has 1 atom stereocenters. The summed E-state index contributed by atoms with van der Waals surface area (Å²) in [6.45, 7) is 4.15. The molecule has 1 aromatic carbocycles. The van der Waals surface area contributed by atoms with Crippen LogP contribution in [-0.2, 0) is 11.2 Å². The Morgan fingerprint density at radius 1 is 1.39 bits per heavy atom. The maximum Gasteiger partial charge on any atom is 0.158 e. The number of rotatable bonds is 1. The molecular formula is C16H18O2. The van der Waals surface area contributed by atoms with Gasteiger partial charge < -0.3 is 5.11 Å². The van der Waals surface area contributed by atoms with Crippen molar-refractivity contribution in [3.8, 4) is 5.75 Å². The second-order valence-corrected chi connectivity index (χ2v) is 5.58. The number of carbonyl (C=O) groups is 1. The number of carbonyl (C=O) groups excluding carboxylic acids is 1. The van der Waals surface area contributed by atoms with Crippen molar-refractivity contribution in [2.45, 2.75) is 39.5 Å². The van der Waals surface area contributed by atoms with Crippen LogP contribution in [0, 0.1) is 5.41 Å². The lowest BCUT2D eigenvalue weighted by Crippen LogP contribution is -2.27. The fraction of sp³-hybridized carbons (Fsp3) is 0.438. The van der Waals surface area contributed by atoms with Crippen LogP contribution in [-0.4, -0.2) is 10.9 Å². The molecule has 1 aromatic rings. The van der Waals surface area contributed by atoms with E-state index in [-0.39, 0.29) is 11.2 Å². The molecule has 18 heavy (non-hydrogen) atoms. The molecule has 0 spiro atoms. The molecule has 2 aliphatic rings. The highest BCUT2D eigenvalue weighted by atomic mass is 16.3. The number of Topliss-reactive ketones (excluding diaryl/α,β-unsaturated/α-hetero) is 1. The van der Waals surface area contributed by atoms with Crippen LogP contribution in [0.15, 0.2) is 23.8 Å². The molecule has 0 amide bonds. The van der Waals surface area contributed by atoms with Gasteiger partial charge in [0.2, 0.25) is 0 Å². The lowest BCUT2D eigenvalue weighted by atomic mass is 9.68. The molecular weight excluding hydrogens is 224 g/mol. The third-order valence-electron chi connectivity index (χ3n) is 4.72. The molecule has 3 rings (SSSR count). The zero-order valence-corrected chi connectivity index (χ0v) is 10.9. The maximum atomic E-state index is 12.0. The summed E-state index contributed by atoms with van der Waals surface area (Å²) in [6, 6.07) is 5.58. The van der Waals surface area contributed by atoms with Crippen molar-refractivity contribution in [2.24, 2.45) is 5.41 Å². The second-order valence-electron chi connectivity index (χ2n) is 5.58. The van der Waals surface area contributed by atoms with Crippen molar-refractivity contribution < 1.29 is 9.90 Å². The number of benzene rings is 1. The molecule has 1 N–H and O–H groups in total. The average Bonchev–Trinajstić information content (AvgIpc) is 2.69. The van der Waals surface area contributed by atoms with E-state index in [4.69, 9.17) is 0 Å². The van der Waals surface area contributed by atoms with Crippen LogP contribution in [0.3, 0.4) is 0 Å². The molecule has 1 unspecified atom stereocenters. The van der Waals surface area contributed by atoms with E-state index >= 15 is 0 Å². The molecule has 0 aliphatic heterocycles. The number of phenolic OH excluding ortho intramolecular Hbond substituents is 1. The lowest BCUT2D eigenvalue weighted by molar-refractivity contribution is -0.116. The Morgan fingerprint density at radius 2 is 2.17 bits per heavy atom. The first-order valence-corrected chi connectivity index (χ1v) is 6.64. The number of aromatic hydroxyl groups is 1. The van der Waals surface area contributed by atoms with Gasteiger partial charge in [-0.25, -0.2) is 0 Å². The van der Waals surface area contributed by atoms with Gasteiger partial charge in [0, 0.05) is 11.8 Å². The van der Waals surface area contributed by atoms with Gasteiger partial charge in [0.05, 0.1) is 0 Å². The summed E-state index contributed by atoms with van der Waals surface area (Å²) in [6.07, 6.45) is 3.69. The first-order valence-electron chi connectivity index (χ1n) is 6.64. The summed E-state index contributed by atoms with van der Waals surface area (Å²) in [7, 11) is 0. The molecule has 0 saturated carbocycles. The Labute approximate surface area is 107 Å². The average molecular weight is 242 g/mol. The van der Waals surface area contributed by atoms with Crippen LogP contribution >= 0.6 is 0 Å². The molecule has 2 nitrogen and oxygen atoms in total. The van der Waals surface area contributed by atoms with Gasteiger partial charge in [-0.3, -0.25) is 4.79 Å². The Kier molecular flexibility index (Phi) is 2.37. The molecule has 0 radical (unpaired) electrons. The molecule has 0 heterocycles. The van der Waals surface area contributed by atoms with Crippen molar-refractivity contribution >= 4 is 11.4 Å². The maximum absolute atomic E-state index is 12.0. The highest BCUT2D eigenvalue weighted by Crippen LogP contribution is 2.55. The first-order chi connectivity index (χ1) is 8.57. The highest BCUT2D eigenvalue weighted by molar-refractivity contribution is 6.06. The van der Waals surface area contributed by atoms with E-state index < -0.39 is 0 Å². The minimum Gasteiger partial charge on any atom is -0.508 e. The van der Waals surface area contributed by atoms with Crippen molar-refractivity contribution in [3.63, 3.8) is 0 Å². The molecule has 2 heteroatoms. The van der Waals surface area contributed by atoms with Gasteiger partial charge >= 0.3 is 0 Å². The monoisotopic (exact) mass is 242 g/mol. The summed E-state index contributed by atoms with van der Waals surface area (Å²) in [4.78, 5) is 12.0. The van der Waals surface area contributed by atoms with Gasteiger partial charge in [-0.1, -0.05) is 13.0 Å². The van der Waals surface area contributed by atoms with Crippen LogP contribution in [0.2, 0.25) is 0 Å². The Bertz CT molecular complexity index is 568. The number of allylic oxidation sites excluding steroid dienone is 2.